The molecule has 1 aliphatic rings. The number of carbonyl (C=O) groups is 2. The number of hydrogen-bond donors (Lipinski definition) is 1. The number of methoxy groups -OCH3 is 1. The Labute approximate surface area is 93.6 Å². The fourth-order valence-corrected chi connectivity index (χ4v) is 1.92. The number of fused-ring (bicyclic) bond motifs is 1. The number of anilines is 1. The molecule has 0 aromatic heterocycles. The fraction of sp³-hybridized carbons (Fsp3) is 0.333. The van der Waals surface area contributed by atoms with Crippen LogP contribution in [0.3, 0.4) is 0 Å². The van der Waals surface area contributed by atoms with E-state index < -0.39 is 0 Å². The van der Waals surface area contributed by atoms with Gasteiger partial charge in [-0.25, -0.2) is 0 Å². The number of benzene rings is 1. The number of rotatable bonds is 1. The summed E-state index contributed by atoms with van der Waals surface area (Å²) >= 11 is 0. The number of esters is 1. The second-order valence-electron chi connectivity index (χ2n) is 3.83. The van der Waals surface area contributed by atoms with Gasteiger partial charge in [-0.15, -0.1) is 0 Å². The van der Waals surface area contributed by atoms with Gasteiger partial charge in [0.15, 0.2) is 0 Å². The summed E-state index contributed by atoms with van der Waals surface area (Å²) in [6, 6.07) is 7.51. The molecule has 0 aliphatic carbocycles. The van der Waals surface area contributed by atoms with E-state index in [9.17, 15) is 9.59 Å². The van der Waals surface area contributed by atoms with E-state index in [4.69, 9.17) is 0 Å². The third kappa shape index (κ3) is 2.05. The van der Waals surface area contributed by atoms with E-state index in [2.05, 4.69) is 10.1 Å². The third-order valence-corrected chi connectivity index (χ3v) is 2.72. The molecule has 0 fully saturated rings. The van der Waals surface area contributed by atoms with Crippen LogP contribution >= 0.6 is 0 Å². The number of hydrogen-bond acceptors (Lipinski definition) is 3. The first-order chi connectivity index (χ1) is 7.70. The van der Waals surface area contributed by atoms with Crippen LogP contribution in [0.2, 0.25) is 0 Å². The van der Waals surface area contributed by atoms with Gasteiger partial charge >= 0.3 is 5.97 Å². The molecule has 4 heteroatoms. The van der Waals surface area contributed by atoms with E-state index in [-0.39, 0.29) is 24.2 Å². The van der Waals surface area contributed by atoms with Crippen molar-refractivity contribution in [1.29, 1.82) is 0 Å². The van der Waals surface area contributed by atoms with Gasteiger partial charge in [-0.2, -0.15) is 0 Å². The highest BCUT2D eigenvalue weighted by atomic mass is 16.5. The summed E-state index contributed by atoms with van der Waals surface area (Å²) in [4.78, 5) is 23.0. The molecule has 84 valence electrons. The molecule has 0 saturated carbocycles. The standard InChI is InChI=1S/C12H13NO3/c1-16-12(15)9-6-8-4-2-3-5-10(8)13-11(14)7-9/h2-5,9H,6-7H2,1H3,(H,13,14)/t9-/m1/s1. The van der Waals surface area contributed by atoms with Crippen LogP contribution in [0.5, 0.6) is 0 Å². The highest BCUT2D eigenvalue weighted by Crippen LogP contribution is 2.25. The average molecular weight is 219 g/mol. The molecule has 16 heavy (non-hydrogen) atoms. The number of nitrogens with one attached hydrogen (secondary N) is 1. The molecular formula is C12H13NO3. The largest absolute Gasteiger partial charge is 0.469 e. The molecule has 1 aromatic carbocycles. The maximum atomic E-state index is 11.6. The molecule has 0 spiro atoms. The van der Waals surface area contributed by atoms with Crippen molar-refractivity contribution in [2.45, 2.75) is 12.8 Å². The summed E-state index contributed by atoms with van der Waals surface area (Å²) in [6.07, 6.45) is 0.725. The Bertz CT molecular complexity index is 428. The molecule has 4 nitrogen and oxygen atoms in total. The lowest BCUT2D eigenvalue weighted by atomic mass is 9.97. The van der Waals surface area contributed by atoms with Crippen LogP contribution in [0, 0.1) is 5.92 Å². The summed E-state index contributed by atoms with van der Waals surface area (Å²) in [5.74, 6) is -0.846. The van der Waals surface area contributed by atoms with Gasteiger partial charge in [0.2, 0.25) is 5.91 Å². The molecule has 0 radical (unpaired) electrons. The zero-order valence-electron chi connectivity index (χ0n) is 9.03. The molecule has 0 unspecified atom stereocenters. The van der Waals surface area contributed by atoms with Crippen molar-refractivity contribution in [3.05, 3.63) is 29.8 Å². The first kappa shape index (κ1) is 10.7. The van der Waals surface area contributed by atoms with Gasteiger partial charge in [-0.1, -0.05) is 18.2 Å². The van der Waals surface area contributed by atoms with E-state index in [1.165, 1.54) is 7.11 Å². The Balaban J connectivity index is 2.30. The molecule has 2 rings (SSSR count). The smallest absolute Gasteiger partial charge is 0.309 e. The monoisotopic (exact) mass is 219 g/mol. The minimum Gasteiger partial charge on any atom is -0.469 e. The van der Waals surface area contributed by atoms with Gasteiger partial charge in [-0.05, 0) is 18.1 Å². The number of para-hydroxylation sites is 1. The Morgan fingerprint density at radius 1 is 1.38 bits per heavy atom. The van der Waals surface area contributed by atoms with Crippen LogP contribution in [0.15, 0.2) is 24.3 Å². The summed E-state index contributed by atoms with van der Waals surface area (Å²) in [6.45, 7) is 0. The SMILES string of the molecule is COC(=O)[C@H]1CC(=O)Nc2ccccc2C1. The maximum Gasteiger partial charge on any atom is 0.309 e. The summed E-state index contributed by atoms with van der Waals surface area (Å²) in [5.41, 5.74) is 1.77. The predicted molar refractivity (Wildman–Crippen MR) is 58.9 cm³/mol. The van der Waals surface area contributed by atoms with Crippen LogP contribution < -0.4 is 5.32 Å². The first-order valence-electron chi connectivity index (χ1n) is 5.16. The minimum atomic E-state index is -0.381. The zero-order chi connectivity index (χ0) is 11.5. The van der Waals surface area contributed by atoms with Gasteiger partial charge in [0.25, 0.3) is 0 Å². The Morgan fingerprint density at radius 3 is 2.88 bits per heavy atom. The second kappa shape index (κ2) is 4.35. The molecule has 1 aliphatic heterocycles. The molecular weight excluding hydrogens is 206 g/mol. The van der Waals surface area contributed by atoms with Crippen molar-refractivity contribution >= 4 is 17.6 Å². The van der Waals surface area contributed by atoms with Crippen LogP contribution in [0.4, 0.5) is 5.69 Å². The molecule has 1 heterocycles. The summed E-state index contributed by atoms with van der Waals surface area (Å²) in [7, 11) is 1.34. The number of ether oxygens (including phenoxy) is 1. The van der Waals surface area contributed by atoms with E-state index >= 15 is 0 Å². The molecule has 1 N–H and O–H groups in total. The summed E-state index contributed by atoms with van der Waals surface area (Å²) in [5, 5.41) is 2.78. The third-order valence-electron chi connectivity index (χ3n) is 2.72. The normalized spacial score (nSPS) is 19.3. The zero-order valence-corrected chi connectivity index (χ0v) is 9.03. The quantitative estimate of drug-likeness (QED) is 0.725. The molecule has 0 saturated heterocycles. The van der Waals surface area contributed by atoms with Gasteiger partial charge in [0.1, 0.15) is 0 Å². The lowest BCUT2D eigenvalue weighted by Gasteiger charge is -2.10. The van der Waals surface area contributed by atoms with Gasteiger partial charge < -0.3 is 10.1 Å². The Morgan fingerprint density at radius 2 is 2.12 bits per heavy atom. The van der Waals surface area contributed by atoms with E-state index in [1.807, 2.05) is 24.3 Å². The maximum absolute atomic E-state index is 11.6. The van der Waals surface area contributed by atoms with E-state index in [0.29, 0.717) is 6.42 Å². The average Bonchev–Trinajstić information content (AvgIpc) is 2.45. The molecule has 1 amide bonds. The van der Waals surface area contributed by atoms with Crippen LogP contribution in [0.25, 0.3) is 0 Å². The Hall–Kier alpha value is -1.84. The van der Waals surface area contributed by atoms with Crippen molar-refractivity contribution in [2.24, 2.45) is 5.92 Å². The van der Waals surface area contributed by atoms with Crippen LogP contribution in [0.1, 0.15) is 12.0 Å². The van der Waals surface area contributed by atoms with E-state index in [0.717, 1.165) is 11.3 Å². The van der Waals surface area contributed by atoms with Gasteiger partial charge in [-0.3, -0.25) is 9.59 Å². The highest BCUT2D eigenvalue weighted by Gasteiger charge is 2.27. The molecule has 1 aromatic rings. The number of carbonyl (C=O) groups excluding carboxylic acids is 2. The van der Waals surface area contributed by atoms with Crippen molar-refractivity contribution < 1.29 is 14.3 Å². The Kier molecular flexibility index (Phi) is 2.90. The second-order valence-corrected chi connectivity index (χ2v) is 3.83. The topological polar surface area (TPSA) is 55.4 Å². The van der Waals surface area contributed by atoms with Crippen molar-refractivity contribution in [3.8, 4) is 0 Å². The lowest BCUT2D eigenvalue weighted by Crippen LogP contribution is -2.22. The van der Waals surface area contributed by atoms with Crippen molar-refractivity contribution in [1.82, 2.24) is 0 Å². The predicted octanol–water partition coefficient (Wildman–Crippen LogP) is 1.36. The van der Waals surface area contributed by atoms with Crippen LogP contribution in [-0.4, -0.2) is 19.0 Å². The molecule has 0 bridgehead atoms. The van der Waals surface area contributed by atoms with Gasteiger partial charge in [0.05, 0.1) is 13.0 Å². The molecule has 1 atom stereocenters. The van der Waals surface area contributed by atoms with E-state index in [1.54, 1.807) is 0 Å². The lowest BCUT2D eigenvalue weighted by molar-refractivity contribution is -0.146. The number of amides is 1. The van der Waals surface area contributed by atoms with Crippen molar-refractivity contribution in [2.75, 3.05) is 12.4 Å². The van der Waals surface area contributed by atoms with Crippen LogP contribution in [-0.2, 0) is 20.7 Å². The summed E-state index contributed by atoms with van der Waals surface area (Å²) < 4.78 is 4.69. The van der Waals surface area contributed by atoms with Crippen molar-refractivity contribution in [3.63, 3.8) is 0 Å². The fourth-order valence-electron chi connectivity index (χ4n) is 1.92. The first-order valence-corrected chi connectivity index (χ1v) is 5.16. The van der Waals surface area contributed by atoms with Gasteiger partial charge in [0, 0.05) is 12.1 Å². The highest BCUT2D eigenvalue weighted by molar-refractivity contribution is 5.95. The minimum absolute atomic E-state index is 0.139.